The van der Waals surface area contributed by atoms with Gasteiger partial charge in [-0.2, -0.15) is 5.26 Å². The molecule has 29 heavy (non-hydrogen) atoms. The van der Waals surface area contributed by atoms with Crippen LogP contribution in [0.3, 0.4) is 0 Å². The summed E-state index contributed by atoms with van der Waals surface area (Å²) in [4.78, 5) is 14.1. The minimum atomic E-state index is -0.0812. The van der Waals surface area contributed by atoms with E-state index in [2.05, 4.69) is 16.7 Å². The van der Waals surface area contributed by atoms with Gasteiger partial charge >= 0.3 is 6.03 Å². The fraction of sp³-hybridized carbons (Fsp3) is 0.333. The maximum Gasteiger partial charge on any atom is 0.317 e. The Bertz CT molecular complexity index is 1060. The predicted octanol–water partition coefficient (Wildman–Crippen LogP) is 2.62. The van der Waals surface area contributed by atoms with Crippen molar-refractivity contribution in [3.8, 4) is 6.07 Å². The maximum atomic E-state index is 12.3. The smallest absolute Gasteiger partial charge is 0.317 e. The third-order valence-corrected chi connectivity index (χ3v) is 5.49. The SMILES string of the molecule is Cn1c(C2=CNCC(CNC(=O)N3CCOCC3)=C2)c(C#N)c2ccc(Cl)cc21. The lowest BCUT2D eigenvalue weighted by Gasteiger charge is -2.27. The van der Waals surface area contributed by atoms with E-state index in [1.165, 1.54) is 0 Å². The summed E-state index contributed by atoms with van der Waals surface area (Å²) in [5.41, 5.74) is 4.29. The zero-order valence-electron chi connectivity index (χ0n) is 16.2. The average molecular weight is 412 g/mol. The molecule has 0 saturated carbocycles. The number of aromatic nitrogens is 1. The van der Waals surface area contributed by atoms with Crippen molar-refractivity contribution in [2.45, 2.75) is 0 Å². The van der Waals surface area contributed by atoms with Crippen LogP contribution in [0.1, 0.15) is 11.3 Å². The molecule has 150 valence electrons. The van der Waals surface area contributed by atoms with Crippen LogP contribution in [0.4, 0.5) is 4.79 Å². The normalized spacial score (nSPS) is 16.7. The van der Waals surface area contributed by atoms with Crippen LogP contribution < -0.4 is 10.6 Å². The van der Waals surface area contributed by atoms with E-state index in [1.54, 1.807) is 11.0 Å². The van der Waals surface area contributed by atoms with Gasteiger partial charge in [0.1, 0.15) is 6.07 Å². The molecule has 1 saturated heterocycles. The Hall–Kier alpha value is -2.95. The van der Waals surface area contributed by atoms with Crippen molar-refractivity contribution in [2.24, 2.45) is 7.05 Å². The summed E-state index contributed by atoms with van der Waals surface area (Å²) < 4.78 is 7.27. The molecule has 0 aliphatic carbocycles. The van der Waals surface area contributed by atoms with Crippen molar-refractivity contribution in [1.82, 2.24) is 20.1 Å². The van der Waals surface area contributed by atoms with Gasteiger partial charge in [0.25, 0.3) is 0 Å². The minimum Gasteiger partial charge on any atom is -0.387 e. The number of allylic oxidation sites excluding steroid dienone is 2. The molecule has 0 atom stereocenters. The molecule has 7 nitrogen and oxygen atoms in total. The molecule has 1 aromatic carbocycles. The van der Waals surface area contributed by atoms with Crippen LogP contribution in [0, 0.1) is 11.3 Å². The number of nitriles is 1. The van der Waals surface area contributed by atoms with Gasteiger partial charge in [0.2, 0.25) is 0 Å². The van der Waals surface area contributed by atoms with Crippen molar-refractivity contribution in [2.75, 3.05) is 39.4 Å². The van der Waals surface area contributed by atoms with E-state index in [0.29, 0.717) is 50.0 Å². The molecule has 2 aromatic rings. The number of amides is 2. The lowest BCUT2D eigenvalue weighted by atomic mass is 10.0. The standard InChI is InChI=1S/C21H22ClN5O2/c1-26-19-9-16(22)2-3-17(19)18(10-23)20(26)15-8-14(11-24-13-15)12-25-21(28)27-4-6-29-7-5-27/h2-3,8-9,13,24H,4-7,11-12H2,1H3,(H,25,28). The molecule has 2 aliphatic rings. The Morgan fingerprint density at radius 1 is 1.38 bits per heavy atom. The van der Waals surface area contributed by atoms with Crippen LogP contribution in [0.15, 0.2) is 36.0 Å². The quantitative estimate of drug-likeness (QED) is 0.813. The number of halogens is 1. The molecule has 2 amide bonds. The number of nitrogens with one attached hydrogen (secondary N) is 2. The van der Waals surface area contributed by atoms with E-state index in [1.807, 2.05) is 36.0 Å². The first-order chi connectivity index (χ1) is 14.1. The van der Waals surface area contributed by atoms with Crippen molar-refractivity contribution in [1.29, 1.82) is 5.26 Å². The molecular weight excluding hydrogens is 390 g/mol. The largest absolute Gasteiger partial charge is 0.387 e. The summed E-state index contributed by atoms with van der Waals surface area (Å²) in [6.45, 7) is 3.46. The Morgan fingerprint density at radius 3 is 2.93 bits per heavy atom. The molecule has 0 spiro atoms. The van der Waals surface area contributed by atoms with Crippen LogP contribution in [-0.2, 0) is 11.8 Å². The van der Waals surface area contributed by atoms with Crippen molar-refractivity contribution < 1.29 is 9.53 Å². The van der Waals surface area contributed by atoms with Crippen molar-refractivity contribution >= 4 is 34.1 Å². The number of urea groups is 1. The van der Waals surface area contributed by atoms with E-state index in [9.17, 15) is 10.1 Å². The zero-order chi connectivity index (χ0) is 20.4. The second-order valence-corrected chi connectivity index (χ2v) is 7.53. The number of hydrogen-bond donors (Lipinski definition) is 2. The van der Waals surface area contributed by atoms with Gasteiger partial charge in [-0.3, -0.25) is 0 Å². The summed E-state index contributed by atoms with van der Waals surface area (Å²) in [7, 11) is 1.93. The van der Waals surface area contributed by atoms with Crippen LogP contribution >= 0.6 is 11.6 Å². The highest BCUT2D eigenvalue weighted by Crippen LogP contribution is 2.32. The molecule has 0 radical (unpaired) electrons. The number of dihydropyridines is 1. The molecule has 1 aromatic heterocycles. The number of fused-ring (bicyclic) bond motifs is 1. The summed E-state index contributed by atoms with van der Waals surface area (Å²) in [6, 6.07) is 7.79. The first-order valence-corrected chi connectivity index (χ1v) is 9.88. The van der Waals surface area contributed by atoms with Crippen LogP contribution in [-0.4, -0.2) is 54.9 Å². The van der Waals surface area contributed by atoms with Gasteiger partial charge in [0, 0.05) is 55.4 Å². The van der Waals surface area contributed by atoms with Crippen LogP contribution in [0.2, 0.25) is 5.02 Å². The highest BCUT2D eigenvalue weighted by molar-refractivity contribution is 6.31. The Kier molecular flexibility index (Phi) is 5.47. The van der Waals surface area contributed by atoms with Crippen molar-refractivity contribution in [3.63, 3.8) is 0 Å². The molecule has 1 fully saturated rings. The van der Waals surface area contributed by atoms with Gasteiger partial charge in [0.15, 0.2) is 0 Å². The summed E-state index contributed by atoms with van der Waals surface area (Å²) in [6.07, 6.45) is 3.94. The number of carbonyl (C=O) groups is 1. The summed E-state index contributed by atoms with van der Waals surface area (Å²) >= 11 is 6.15. The van der Waals surface area contributed by atoms with Gasteiger partial charge in [-0.05, 0) is 29.8 Å². The van der Waals surface area contributed by atoms with Gasteiger partial charge < -0.3 is 24.8 Å². The molecule has 0 unspecified atom stereocenters. The van der Waals surface area contributed by atoms with E-state index < -0.39 is 0 Å². The third kappa shape index (κ3) is 3.82. The van der Waals surface area contributed by atoms with Crippen LogP contribution in [0.25, 0.3) is 16.5 Å². The van der Waals surface area contributed by atoms with Crippen LogP contribution in [0.5, 0.6) is 0 Å². The highest BCUT2D eigenvalue weighted by Gasteiger charge is 2.20. The monoisotopic (exact) mass is 411 g/mol. The fourth-order valence-corrected chi connectivity index (χ4v) is 3.95. The maximum absolute atomic E-state index is 12.3. The number of hydrogen-bond acceptors (Lipinski definition) is 4. The Labute approximate surface area is 174 Å². The number of rotatable bonds is 3. The molecule has 8 heteroatoms. The minimum absolute atomic E-state index is 0.0812. The Morgan fingerprint density at radius 2 is 2.17 bits per heavy atom. The van der Waals surface area contributed by atoms with Crippen molar-refractivity contribution in [3.05, 3.63) is 52.3 Å². The number of ether oxygens (including phenoxy) is 1. The van der Waals surface area contributed by atoms with E-state index in [-0.39, 0.29) is 6.03 Å². The molecule has 3 heterocycles. The van der Waals surface area contributed by atoms with Gasteiger partial charge in [-0.25, -0.2) is 4.79 Å². The molecular formula is C21H22ClN5O2. The fourth-order valence-electron chi connectivity index (χ4n) is 3.78. The number of aryl methyl sites for hydroxylation is 1. The zero-order valence-corrected chi connectivity index (χ0v) is 16.9. The molecule has 2 aliphatic heterocycles. The topological polar surface area (TPSA) is 82.3 Å². The number of benzene rings is 1. The lowest BCUT2D eigenvalue weighted by Crippen LogP contribution is -2.46. The third-order valence-electron chi connectivity index (χ3n) is 5.26. The first kappa shape index (κ1) is 19.4. The highest BCUT2D eigenvalue weighted by atomic mass is 35.5. The second-order valence-electron chi connectivity index (χ2n) is 7.10. The molecule has 4 rings (SSSR count). The van der Waals surface area contributed by atoms with E-state index >= 15 is 0 Å². The van der Waals surface area contributed by atoms with Gasteiger partial charge in [0.05, 0.1) is 30.0 Å². The second kappa shape index (κ2) is 8.19. The lowest BCUT2D eigenvalue weighted by molar-refractivity contribution is 0.0534. The average Bonchev–Trinajstić information content (AvgIpc) is 3.04. The Balaban J connectivity index is 1.57. The molecule has 2 N–H and O–H groups in total. The number of nitrogens with zero attached hydrogens (tertiary/aromatic N) is 3. The van der Waals surface area contributed by atoms with Gasteiger partial charge in [-0.15, -0.1) is 0 Å². The predicted molar refractivity (Wildman–Crippen MR) is 112 cm³/mol. The first-order valence-electron chi connectivity index (χ1n) is 9.50. The number of carbonyl (C=O) groups excluding carboxylic acids is 1. The molecule has 0 bridgehead atoms. The van der Waals surface area contributed by atoms with Gasteiger partial charge in [-0.1, -0.05) is 11.6 Å². The summed E-state index contributed by atoms with van der Waals surface area (Å²) in [5.74, 6) is 0. The number of morpholine rings is 1. The van der Waals surface area contributed by atoms with E-state index in [4.69, 9.17) is 16.3 Å². The summed E-state index contributed by atoms with van der Waals surface area (Å²) in [5, 5.41) is 17.5. The van der Waals surface area contributed by atoms with E-state index in [0.717, 1.165) is 27.7 Å².